The average Bonchev–Trinajstić information content (AvgIpc) is 2.27. The summed E-state index contributed by atoms with van der Waals surface area (Å²) in [6.07, 6.45) is 3.74. The molecule has 1 aliphatic rings. The molecule has 1 aromatic carbocycles. The quantitative estimate of drug-likeness (QED) is 0.912. The summed E-state index contributed by atoms with van der Waals surface area (Å²) in [4.78, 5) is 0. The van der Waals surface area contributed by atoms with Crippen molar-refractivity contribution in [1.29, 1.82) is 0 Å². The highest BCUT2D eigenvalue weighted by Gasteiger charge is 2.26. The van der Waals surface area contributed by atoms with Crippen LogP contribution >= 0.6 is 28.3 Å². The van der Waals surface area contributed by atoms with Crippen molar-refractivity contribution in [2.24, 2.45) is 11.7 Å². The third-order valence-electron chi connectivity index (χ3n) is 3.51. The van der Waals surface area contributed by atoms with Gasteiger partial charge in [0.1, 0.15) is 16.0 Å². The maximum absolute atomic E-state index is 6.27. The van der Waals surface area contributed by atoms with Crippen LogP contribution in [0.3, 0.4) is 0 Å². The Morgan fingerprint density at radius 1 is 1.22 bits per heavy atom. The second kappa shape index (κ2) is 6.64. The molecule has 0 spiro atoms. The lowest BCUT2D eigenvalue weighted by atomic mass is 9.77. The first-order chi connectivity index (χ1) is 8.17. The van der Waals surface area contributed by atoms with Gasteiger partial charge in [-0.1, -0.05) is 6.42 Å². The lowest BCUT2D eigenvalue weighted by molar-refractivity contribution is 0.263. The van der Waals surface area contributed by atoms with Gasteiger partial charge in [0.2, 0.25) is 0 Å². The third kappa shape index (κ3) is 2.92. The van der Waals surface area contributed by atoms with Gasteiger partial charge in [0.15, 0.2) is 0 Å². The van der Waals surface area contributed by atoms with Gasteiger partial charge in [-0.05, 0) is 52.4 Å². The minimum Gasteiger partial charge on any atom is -0.495 e. The van der Waals surface area contributed by atoms with Gasteiger partial charge in [-0.2, -0.15) is 0 Å². The highest BCUT2D eigenvalue weighted by molar-refractivity contribution is 9.10. The van der Waals surface area contributed by atoms with Gasteiger partial charge in [-0.3, -0.25) is 0 Å². The number of nitrogens with two attached hydrogens (primary N) is 1. The Bertz CT molecular complexity index is 385. The Labute approximate surface area is 123 Å². The average molecular weight is 337 g/mol. The van der Waals surface area contributed by atoms with E-state index in [1.54, 1.807) is 14.2 Å². The van der Waals surface area contributed by atoms with Crippen LogP contribution in [-0.4, -0.2) is 14.2 Å². The standard InChI is InChI=1S/C13H18BrNO2.ClH/c1-16-10-6-9(7-11(17-2)12(10)14)13(15)8-4-3-5-8;/h6-8,13H,3-5,15H2,1-2H3;1H/t13-;/m0./s1. The van der Waals surface area contributed by atoms with Crippen LogP contribution in [0.15, 0.2) is 16.6 Å². The van der Waals surface area contributed by atoms with Gasteiger partial charge < -0.3 is 15.2 Å². The molecule has 3 nitrogen and oxygen atoms in total. The summed E-state index contributed by atoms with van der Waals surface area (Å²) >= 11 is 3.46. The highest BCUT2D eigenvalue weighted by Crippen LogP contribution is 2.41. The lowest BCUT2D eigenvalue weighted by Crippen LogP contribution is -2.26. The molecule has 0 unspecified atom stereocenters. The first-order valence-electron chi connectivity index (χ1n) is 5.84. The number of methoxy groups -OCH3 is 2. The van der Waals surface area contributed by atoms with Crippen molar-refractivity contribution in [3.63, 3.8) is 0 Å². The maximum Gasteiger partial charge on any atom is 0.137 e. The summed E-state index contributed by atoms with van der Waals surface area (Å²) in [5, 5.41) is 0. The van der Waals surface area contributed by atoms with Crippen LogP contribution in [0.4, 0.5) is 0 Å². The summed E-state index contributed by atoms with van der Waals surface area (Å²) in [5.74, 6) is 2.15. The molecule has 0 bridgehead atoms. The fourth-order valence-electron chi connectivity index (χ4n) is 2.15. The van der Waals surface area contributed by atoms with E-state index in [4.69, 9.17) is 15.2 Å². The molecule has 0 aromatic heterocycles. The molecule has 5 heteroatoms. The zero-order valence-corrected chi connectivity index (χ0v) is 13.0. The topological polar surface area (TPSA) is 44.5 Å². The molecule has 102 valence electrons. The van der Waals surface area contributed by atoms with Gasteiger partial charge in [0.05, 0.1) is 14.2 Å². The van der Waals surface area contributed by atoms with E-state index in [0.29, 0.717) is 5.92 Å². The van der Waals surface area contributed by atoms with Gasteiger partial charge in [0.25, 0.3) is 0 Å². The van der Waals surface area contributed by atoms with Crippen molar-refractivity contribution in [2.45, 2.75) is 25.3 Å². The number of hydrogen-bond donors (Lipinski definition) is 1. The Hall–Kier alpha value is -0.450. The molecule has 0 saturated heterocycles. The fraction of sp³-hybridized carbons (Fsp3) is 0.538. The largest absolute Gasteiger partial charge is 0.495 e. The first-order valence-corrected chi connectivity index (χ1v) is 6.63. The molecule has 1 aromatic rings. The van der Waals surface area contributed by atoms with E-state index in [2.05, 4.69) is 15.9 Å². The second-order valence-corrected chi connectivity index (χ2v) is 5.25. The Morgan fingerprint density at radius 3 is 2.06 bits per heavy atom. The second-order valence-electron chi connectivity index (χ2n) is 4.46. The van der Waals surface area contributed by atoms with Gasteiger partial charge in [-0.25, -0.2) is 0 Å². The Morgan fingerprint density at radius 2 is 1.72 bits per heavy atom. The van der Waals surface area contributed by atoms with Crippen LogP contribution < -0.4 is 15.2 Å². The molecule has 1 fully saturated rings. The zero-order chi connectivity index (χ0) is 12.4. The van der Waals surface area contributed by atoms with E-state index < -0.39 is 0 Å². The van der Waals surface area contributed by atoms with E-state index in [1.165, 1.54) is 19.3 Å². The Balaban J connectivity index is 0.00000162. The molecule has 0 heterocycles. The molecular formula is C13H19BrClNO2. The number of ether oxygens (including phenoxy) is 2. The van der Waals surface area contributed by atoms with Crippen LogP contribution in [0.1, 0.15) is 30.9 Å². The van der Waals surface area contributed by atoms with Crippen LogP contribution in [0, 0.1) is 5.92 Å². The van der Waals surface area contributed by atoms with E-state index >= 15 is 0 Å². The summed E-state index contributed by atoms with van der Waals surface area (Å²) in [6.45, 7) is 0. The normalized spacial score (nSPS) is 16.4. The third-order valence-corrected chi connectivity index (χ3v) is 4.29. The molecule has 2 rings (SSSR count). The number of halogens is 2. The molecule has 18 heavy (non-hydrogen) atoms. The van der Waals surface area contributed by atoms with Crippen molar-refractivity contribution in [3.8, 4) is 11.5 Å². The number of rotatable bonds is 4. The fourth-order valence-corrected chi connectivity index (χ4v) is 2.71. The van der Waals surface area contributed by atoms with Crippen molar-refractivity contribution < 1.29 is 9.47 Å². The van der Waals surface area contributed by atoms with Crippen LogP contribution in [0.2, 0.25) is 0 Å². The predicted octanol–water partition coefficient (Wildman–Crippen LogP) is 3.69. The lowest BCUT2D eigenvalue weighted by Gasteiger charge is -2.31. The minimum absolute atomic E-state index is 0. The number of benzene rings is 1. The minimum atomic E-state index is 0. The molecule has 0 aliphatic heterocycles. The molecular weight excluding hydrogens is 318 g/mol. The van der Waals surface area contributed by atoms with E-state index in [1.807, 2.05) is 12.1 Å². The van der Waals surface area contributed by atoms with Crippen LogP contribution in [-0.2, 0) is 0 Å². The molecule has 1 saturated carbocycles. The highest BCUT2D eigenvalue weighted by atomic mass is 79.9. The molecule has 0 amide bonds. The molecule has 2 N–H and O–H groups in total. The monoisotopic (exact) mass is 335 g/mol. The van der Waals surface area contributed by atoms with Crippen molar-refractivity contribution in [1.82, 2.24) is 0 Å². The smallest absolute Gasteiger partial charge is 0.137 e. The van der Waals surface area contributed by atoms with Crippen molar-refractivity contribution in [2.75, 3.05) is 14.2 Å². The van der Waals surface area contributed by atoms with E-state index in [-0.39, 0.29) is 18.4 Å². The zero-order valence-electron chi connectivity index (χ0n) is 10.6. The van der Waals surface area contributed by atoms with Crippen molar-refractivity contribution in [3.05, 3.63) is 22.2 Å². The van der Waals surface area contributed by atoms with Crippen LogP contribution in [0.25, 0.3) is 0 Å². The van der Waals surface area contributed by atoms with Crippen molar-refractivity contribution >= 4 is 28.3 Å². The summed E-state index contributed by atoms with van der Waals surface area (Å²) in [5.41, 5.74) is 7.36. The van der Waals surface area contributed by atoms with Gasteiger partial charge >= 0.3 is 0 Å². The van der Waals surface area contributed by atoms with Crippen LogP contribution in [0.5, 0.6) is 11.5 Å². The summed E-state index contributed by atoms with van der Waals surface area (Å²) in [6, 6.07) is 4.07. The molecule has 0 radical (unpaired) electrons. The predicted molar refractivity (Wildman–Crippen MR) is 78.8 cm³/mol. The summed E-state index contributed by atoms with van der Waals surface area (Å²) in [7, 11) is 3.30. The van der Waals surface area contributed by atoms with E-state index in [0.717, 1.165) is 21.5 Å². The summed E-state index contributed by atoms with van der Waals surface area (Å²) < 4.78 is 11.5. The van der Waals surface area contributed by atoms with Gasteiger partial charge in [-0.15, -0.1) is 12.4 Å². The van der Waals surface area contributed by atoms with Gasteiger partial charge in [0, 0.05) is 6.04 Å². The van der Waals surface area contributed by atoms with E-state index in [9.17, 15) is 0 Å². The SMILES string of the molecule is COc1cc([C@@H](N)C2CCC2)cc(OC)c1Br.Cl. The Kier molecular flexibility index (Phi) is 5.76. The molecule has 1 aliphatic carbocycles. The number of hydrogen-bond acceptors (Lipinski definition) is 3. The first kappa shape index (κ1) is 15.6. The molecule has 1 atom stereocenters. The maximum atomic E-state index is 6.27.